The van der Waals surface area contributed by atoms with Crippen LogP contribution in [0.5, 0.6) is 0 Å². The van der Waals surface area contributed by atoms with Crippen molar-refractivity contribution in [3.8, 4) is 0 Å². The molecule has 1 fully saturated rings. The Hall–Kier alpha value is -2.26. The number of esters is 1. The molecule has 1 saturated heterocycles. The number of anilines is 1. The number of ether oxygens (including phenoxy) is 1. The Balaban J connectivity index is 1.38. The van der Waals surface area contributed by atoms with Gasteiger partial charge in [0, 0.05) is 24.3 Å². The van der Waals surface area contributed by atoms with Crippen molar-refractivity contribution in [1.82, 2.24) is 19.4 Å². The molecule has 0 aromatic carbocycles. The molecular weight excluding hydrogens is 366 g/mol. The van der Waals surface area contributed by atoms with Crippen molar-refractivity contribution in [2.75, 3.05) is 31.6 Å². The summed E-state index contributed by atoms with van der Waals surface area (Å²) in [6.45, 7) is 5.31. The van der Waals surface area contributed by atoms with Gasteiger partial charge in [-0.05, 0) is 38.8 Å². The molecule has 1 aliphatic heterocycles. The Kier molecular flexibility index (Phi) is 6.94. The summed E-state index contributed by atoms with van der Waals surface area (Å²) in [5.41, 5.74) is 0.620. The maximum atomic E-state index is 12.3. The predicted molar refractivity (Wildman–Crippen MR) is 102 cm³/mol. The smallest absolute Gasteiger partial charge is 0.311 e. The third-order valence-corrected chi connectivity index (χ3v) is 5.34. The van der Waals surface area contributed by atoms with Crippen molar-refractivity contribution in [3.63, 3.8) is 0 Å². The molecule has 0 spiro atoms. The molecule has 0 atom stereocenters. The fourth-order valence-corrected chi connectivity index (χ4v) is 3.91. The molecule has 146 valence electrons. The van der Waals surface area contributed by atoms with Gasteiger partial charge in [-0.2, -0.15) is 0 Å². The number of aromatic nitrogens is 3. The van der Waals surface area contributed by atoms with Gasteiger partial charge in [0.1, 0.15) is 0 Å². The van der Waals surface area contributed by atoms with Crippen molar-refractivity contribution >= 4 is 28.3 Å². The summed E-state index contributed by atoms with van der Waals surface area (Å²) in [7, 11) is 0. The predicted octanol–water partition coefficient (Wildman–Crippen LogP) is 1.80. The number of carbonyl (C=O) groups is 2. The van der Waals surface area contributed by atoms with Gasteiger partial charge in [-0.15, -0.1) is 11.3 Å². The standard InChI is InChI=1S/C18H25N5O3S/c1-2-26-17(25)9-15-12-27-18(20-15)21-16(24)11-22-6-3-14(4-7-22)10-23-8-5-19-13-23/h5,8,12-14H,2-4,6-7,9-11H2,1H3,(H,20,21,24). The Morgan fingerprint density at radius 2 is 2.19 bits per heavy atom. The van der Waals surface area contributed by atoms with Crippen LogP contribution in [0.3, 0.4) is 0 Å². The van der Waals surface area contributed by atoms with Crippen LogP contribution in [0, 0.1) is 5.92 Å². The SMILES string of the molecule is CCOC(=O)Cc1csc(NC(=O)CN2CCC(Cn3ccnc3)CC2)n1. The maximum Gasteiger partial charge on any atom is 0.311 e. The monoisotopic (exact) mass is 391 g/mol. The zero-order valence-corrected chi connectivity index (χ0v) is 16.3. The number of hydrogen-bond donors (Lipinski definition) is 1. The van der Waals surface area contributed by atoms with E-state index in [4.69, 9.17) is 4.74 Å². The number of amides is 1. The molecule has 27 heavy (non-hydrogen) atoms. The van der Waals surface area contributed by atoms with Crippen molar-refractivity contribution in [1.29, 1.82) is 0 Å². The minimum absolute atomic E-state index is 0.0694. The second-order valence-electron chi connectivity index (χ2n) is 6.65. The van der Waals surface area contributed by atoms with Gasteiger partial charge in [-0.3, -0.25) is 14.5 Å². The van der Waals surface area contributed by atoms with Crippen molar-refractivity contribution in [3.05, 3.63) is 29.8 Å². The number of likely N-dealkylation sites (tertiary alicyclic amines) is 1. The average Bonchev–Trinajstić information content (AvgIpc) is 3.29. The van der Waals surface area contributed by atoms with Gasteiger partial charge in [0.05, 0.1) is 31.6 Å². The van der Waals surface area contributed by atoms with Crippen LogP contribution in [0.15, 0.2) is 24.1 Å². The number of carbonyl (C=O) groups excluding carboxylic acids is 2. The summed E-state index contributed by atoms with van der Waals surface area (Å²) >= 11 is 1.32. The highest BCUT2D eigenvalue weighted by atomic mass is 32.1. The van der Waals surface area contributed by atoms with Gasteiger partial charge in [-0.1, -0.05) is 0 Å². The van der Waals surface area contributed by atoms with Crippen LogP contribution in [0.25, 0.3) is 0 Å². The molecule has 9 heteroatoms. The van der Waals surface area contributed by atoms with Crippen molar-refractivity contribution in [2.24, 2.45) is 5.92 Å². The second kappa shape index (κ2) is 9.61. The highest BCUT2D eigenvalue weighted by Crippen LogP contribution is 2.20. The first-order valence-electron chi connectivity index (χ1n) is 9.20. The molecule has 0 aliphatic carbocycles. The summed E-state index contributed by atoms with van der Waals surface area (Å²) < 4.78 is 7.02. The molecule has 2 aromatic heterocycles. The number of thiazole rings is 1. The molecule has 1 amide bonds. The van der Waals surface area contributed by atoms with Gasteiger partial charge >= 0.3 is 5.97 Å². The van der Waals surface area contributed by atoms with E-state index in [9.17, 15) is 9.59 Å². The van der Waals surface area contributed by atoms with E-state index in [2.05, 4.69) is 24.8 Å². The van der Waals surface area contributed by atoms with Gasteiger partial charge < -0.3 is 14.6 Å². The zero-order chi connectivity index (χ0) is 19.1. The van der Waals surface area contributed by atoms with Crippen LogP contribution in [-0.2, 0) is 27.3 Å². The molecule has 3 heterocycles. The van der Waals surface area contributed by atoms with Gasteiger partial charge in [-0.25, -0.2) is 9.97 Å². The fourth-order valence-electron chi connectivity index (χ4n) is 3.19. The molecule has 3 rings (SSSR count). The molecule has 1 aliphatic rings. The lowest BCUT2D eigenvalue weighted by molar-refractivity contribution is -0.142. The number of nitrogens with one attached hydrogen (secondary N) is 1. The van der Waals surface area contributed by atoms with Crippen molar-refractivity contribution < 1.29 is 14.3 Å². The number of rotatable bonds is 8. The summed E-state index contributed by atoms with van der Waals surface area (Å²) in [6.07, 6.45) is 7.92. The first-order valence-corrected chi connectivity index (χ1v) is 10.1. The molecule has 8 nitrogen and oxygen atoms in total. The lowest BCUT2D eigenvalue weighted by atomic mass is 9.97. The lowest BCUT2D eigenvalue weighted by Gasteiger charge is -2.31. The van der Waals surface area contributed by atoms with Crippen LogP contribution in [0.2, 0.25) is 0 Å². The summed E-state index contributed by atoms with van der Waals surface area (Å²) in [6, 6.07) is 0. The first-order chi connectivity index (χ1) is 13.1. The van der Waals surface area contributed by atoms with E-state index in [1.54, 1.807) is 18.5 Å². The molecular formula is C18H25N5O3S. The quantitative estimate of drug-likeness (QED) is 0.690. The molecule has 1 N–H and O–H groups in total. The number of imidazole rings is 1. The number of hydrogen-bond acceptors (Lipinski definition) is 7. The molecule has 0 radical (unpaired) electrons. The van der Waals surface area contributed by atoms with Gasteiger partial charge in [0.2, 0.25) is 5.91 Å². The number of piperidine rings is 1. The summed E-state index contributed by atoms with van der Waals surface area (Å²) in [4.78, 5) is 34.3. The fraction of sp³-hybridized carbons (Fsp3) is 0.556. The van der Waals surface area contributed by atoms with E-state index in [1.807, 2.05) is 12.5 Å². The average molecular weight is 391 g/mol. The third kappa shape index (κ3) is 6.14. The normalized spacial score (nSPS) is 15.6. The minimum atomic E-state index is -0.306. The van der Waals surface area contributed by atoms with Gasteiger partial charge in [0.25, 0.3) is 0 Å². The van der Waals surface area contributed by atoms with Crippen molar-refractivity contribution in [2.45, 2.75) is 32.7 Å². The van der Waals surface area contributed by atoms with Crippen LogP contribution in [-0.4, -0.2) is 57.6 Å². The second-order valence-corrected chi connectivity index (χ2v) is 7.51. The van der Waals surface area contributed by atoms with Crippen LogP contribution < -0.4 is 5.32 Å². The zero-order valence-electron chi connectivity index (χ0n) is 15.5. The van der Waals surface area contributed by atoms with E-state index in [1.165, 1.54) is 11.3 Å². The highest BCUT2D eigenvalue weighted by Gasteiger charge is 2.21. The summed E-state index contributed by atoms with van der Waals surface area (Å²) in [5, 5.41) is 5.12. The molecule has 0 saturated carbocycles. The number of nitrogens with zero attached hydrogens (tertiary/aromatic N) is 4. The summed E-state index contributed by atoms with van der Waals surface area (Å²) in [5.74, 6) is 0.252. The maximum absolute atomic E-state index is 12.3. The minimum Gasteiger partial charge on any atom is -0.466 e. The highest BCUT2D eigenvalue weighted by molar-refractivity contribution is 7.13. The van der Waals surface area contributed by atoms with Gasteiger partial charge in [0.15, 0.2) is 5.13 Å². The van der Waals surface area contributed by atoms with Crippen LogP contribution in [0.1, 0.15) is 25.5 Å². The molecule has 0 unspecified atom stereocenters. The lowest BCUT2D eigenvalue weighted by Crippen LogP contribution is -2.39. The molecule has 0 bridgehead atoms. The first kappa shape index (κ1) is 19.5. The van der Waals surface area contributed by atoms with E-state index < -0.39 is 0 Å². The molecule has 2 aromatic rings. The Labute approximate surface area is 162 Å². The Bertz CT molecular complexity index is 738. The van der Waals surface area contributed by atoms with E-state index >= 15 is 0 Å². The third-order valence-electron chi connectivity index (χ3n) is 4.53. The van der Waals surface area contributed by atoms with E-state index in [0.717, 1.165) is 32.5 Å². The topological polar surface area (TPSA) is 89.4 Å². The van der Waals surface area contributed by atoms with Crippen LogP contribution in [0.4, 0.5) is 5.13 Å². The van der Waals surface area contributed by atoms with E-state index in [0.29, 0.717) is 29.9 Å². The largest absolute Gasteiger partial charge is 0.466 e. The van der Waals surface area contributed by atoms with Crippen LogP contribution >= 0.6 is 11.3 Å². The Morgan fingerprint density at radius 3 is 2.89 bits per heavy atom. The Morgan fingerprint density at radius 1 is 1.37 bits per heavy atom. The van der Waals surface area contributed by atoms with E-state index in [-0.39, 0.29) is 18.3 Å².